The minimum absolute atomic E-state index is 0.215. The number of esters is 1. The molecule has 5 nitrogen and oxygen atoms in total. The van der Waals surface area contributed by atoms with Gasteiger partial charge in [0.1, 0.15) is 12.3 Å². The van der Waals surface area contributed by atoms with E-state index in [1.54, 1.807) is 24.4 Å². The van der Waals surface area contributed by atoms with E-state index in [9.17, 15) is 4.79 Å². The Morgan fingerprint density at radius 3 is 2.52 bits per heavy atom. The predicted molar refractivity (Wildman–Crippen MR) is 86.4 cm³/mol. The van der Waals surface area contributed by atoms with E-state index in [0.717, 1.165) is 22.6 Å². The minimum atomic E-state index is -0.423. The van der Waals surface area contributed by atoms with Gasteiger partial charge >= 0.3 is 5.97 Å². The molecule has 116 valence electrons. The third-order valence-electron chi connectivity index (χ3n) is 3.43. The van der Waals surface area contributed by atoms with E-state index in [2.05, 4.69) is 10.1 Å². The first kappa shape index (κ1) is 15.0. The number of hydrogen-bond donors (Lipinski definition) is 0. The van der Waals surface area contributed by atoms with E-state index < -0.39 is 5.97 Å². The van der Waals surface area contributed by atoms with Crippen molar-refractivity contribution < 1.29 is 9.53 Å². The number of nitrogens with zero attached hydrogens (tertiary/aromatic N) is 3. The fraction of sp³-hybridized carbons (Fsp3) is 0.167. The average Bonchev–Trinajstić information content (AvgIpc) is 2.92. The lowest BCUT2D eigenvalue weighted by molar-refractivity contribution is 0.0466. The topological polar surface area (TPSA) is 57.0 Å². The molecular formula is C18H17N3O2. The SMILES string of the molecule is Cc1cc(C)n(-c2ccc(COC(=O)c3ccccn3)cc2)n1. The highest BCUT2D eigenvalue weighted by Gasteiger charge is 2.08. The van der Waals surface area contributed by atoms with E-state index >= 15 is 0 Å². The van der Waals surface area contributed by atoms with Gasteiger partial charge in [-0.1, -0.05) is 18.2 Å². The highest BCUT2D eigenvalue weighted by molar-refractivity contribution is 5.87. The van der Waals surface area contributed by atoms with E-state index in [4.69, 9.17) is 4.74 Å². The van der Waals surface area contributed by atoms with Gasteiger partial charge in [0, 0.05) is 11.9 Å². The lowest BCUT2D eigenvalue weighted by atomic mass is 10.2. The van der Waals surface area contributed by atoms with Crippen LogP contribution in [0.1, 0.15) is 27.4 Å². The summed E-state index contributed by atoms with van der Waals surface area (Å²) in [5.41, 5.74) is 4.27. The molecule has 0 aliphatic heterocycles. The largest absolute Gasteiger partial charge is 0.456 e. The Bertz CT molecular complexity index is 808. The monoisotopic (exact) mass is 307 g/mol. The number of carbonyl (C=O) groups excluding carboxylic acids is 1. The van der Waals surface area contributed by atoms with Crippen molar-refractivity contribution in [1.29, 1.82) is 0 Å². The first-order valence-electron chi connectivity index (χ1n) is 7.34. The van der Waals surface area contributed by atoms with Gasteiger partial charge in [0.2, 0.25) is 0 Å². The molecule has 0 radical (unpaired) electrons. The second-order valence-corrected chi connectivity index (χ2v) is 5.30. The van der Waals surface area contributed by atoms with Gasteiger partial charge < -0.3 is 4.74 Å². The molecule has 0 spiro atoms. The lowest BCUT2D eigenvalue weighted by Crippen LogP contribution is -2.07. The van der Waals surface area contributed by atoms with Crippen molar-refractivity contribution in [3.8, 4) is 5.69 Å². The van der Waals surface area contributed by atoms with Crippen molar-refractivity contribution in [2.24, 2.45) is 0 Å². The normalized spacial score (nSPS) is 10.5. The molecule has 0 aliphatic carbocycles. The maximum Gasteiger partial charge on any atom is 0.357 e. The highest BCUT2D eigenvalue weighted by atomic mass is 16.5. The third-order valence-corrected chi connectivity index (χ3v) is 3.43. The summed E-state index contributed by atoms with van der Waals surface area (Å²) in [6, 6.07) is 15.0. The first-order valence-corrected chi connectivity index (χ1v) is 7.34. The van der Waals surface area contributed by atoms with Crippen LogP contribution < -0.4 is 0 Å². The maximum absolute atomic E-state index is 11.9. The summed E-state index contributed by atoms with van der Waals surface area (Å²) < 4.78 is 7.15. The Kier molecular flexibility index (Phi) is 4.19. The molecule has 0 bridgehead atoms. The molecule has 3 rings (SSSR count). The quantitative estimate of drug-likeness (QED) is 0.694. The number of benzene rings is 1. The molecular weight excluding hydrogens is 290 g/mol. The van der Waals surface area contributed by atoms with Gasteiger partial charge in [-0.05, 0) is 49.7 Å². The van der Waals surface area contributed by atoms with Crippen LogP contribution in [0.3, 0.4) is 0 Å². The standard InChI is InChI=1S/C18H17N3O2/c1-13-11-14(2)21(20-13)16-8-6-15(7-9-16)12-23-18(22)17-5-3-4-10-19-17/h3-11H,12H2,1-2H3. The third kappa shape index (κ3) is 3.45. The zero-order chi connectivity index (χ0) is 16.2. The number of carbonyl (C=O) groups is 1. The minimum Gasteiger partial charge on any atom is -0.456 e. The van der Waals surface area contributed by atoms with Crippen molar-refractivity contribution in [3.63, 3.8) is 0 Å². The van der Waals surface area contributed by atoms with Crippen molar-refractivity contribution in [2.45, 2.75) is 20.5 Å². The smallest absolute Gasteiger partial charge is 0.357 e. The molecule has 0 aliphatic rings. The Balaban J connectivity index is 1.66. The van der Waals surface area contributed by atoms with Crippen LogP contribution in [0, 0.1) is 13.8 Å². The average molecular weight is 307 g/mol. The summed E-state index contributed by atoms with van der Waals surface area (Å²) in [5, 5.41) is 4.45. The Hall–Kier alpha value is -2.95. The number of pyridine rings is 1. The Morgan fingerprint density at radius 1 is 1.13 bits per heavy atom. The Morgan fingerprint density at radius 2 is 1.91 bits per heavy atom. The Labute approximate surface area is 134 Å². The van der Waals surface area contributed by atoms with E-state index in [1.807, 2.05) is 48.9 Å². The van der Waals surface area contributed by atoms with E-state index in [1.165, 1.54) is 0 Å². The lowest BCUT2D eigenvalue weighted by Gasteiger charge is -2.07. The molecule has 2 heterocycles. The summed E-state index contributed by atoms with van der Waals surface area (Å²) in [4.78, 5) is 15.8. The number of ether oxygens (including phenoxy) is 1. The summed E-state index contributed by atoms with van der Waals surface area (Å²) in [7, 11) is 0. The zero-order valence-electron chi connectivity index (χ0n) is 13.1. The van der Waals surface area contributed by atoms with Gasteiger partial charge in [-0.3, -0.25) is 0 Å². The molecule has 0 amide bonds. The molecule has 2 aromatic heterocycles. The van der Waals surface area contributed by atoms with Gasteiger partial charge in [-0.2, -0.15) is 5.10 Å². The van der Waals surface area contributed by atoms with Crippen LogP contribution in [-0.2, 0) is 11.3 Å². The van der Waals surface area contributed by atoms with Crippen LogP contribution in [0.25, 0.3) is 5.69 Å². The molecule has 23 heavy (non-hydrogen) atoms. The van der Waals surface area contributed by atoms with Crippen molar-refractivity contribution in [3.05, 3.63) is 77.4 Å². The molecule has 5 heteroatoms. The molecule has 1 aromatic carbocycles. The number of rotatable bonds is 4. The van der Waals surface area contributed by atoms with Crippen LogP contribution in [0.4, 0.5) is 0 Å². The van der Waals surface area contributed by atoms with Crippen LogP contribution >= 0.6 is 0 Å². The maximum atomic E-state index is 11.9. The molecule has 0 atom stereocenters. The zero-order valence-corrected chi connectivity index (χ0v) is 13.1. The van der Waals surface area contributed by atoms with Crippen LogP contribution in [0.5, 0.6) is 0 Å². The molecule has 0 saturated heterocycles. The number of aromatic nitrogens is 3. The number of hydrogen-bond acceptors (Lipinski definition) is 4. The molecule has 3 aromatic rings. The fourth-order valence-corrected chi connectivity index (χ4v) is 2.33. The van der Waals surface area contributed by atoms with Gasteiger partial charge in [0.15, 0.2) is 0 Å². The second kappa shape index (κ2) is 6.44. The van der Waals surface area contributed by atoms with E-state index in [0.29, 0.717) is 5.69 Å². The molecule has 0 saturated carbocycles. The molecule has 0 N–H and O–H groups in total. The summed E-state index contributed by atoms with van der Waals surface area (Å²) in [5.74, 6) is -0.423. The van der Waals surface area contributed by atoms with Crippen LogP contribution in [0.15, 0.2) is 54.7 Å². The molecule has 0 fully saturated rings. The summed E-state index contributed by atoms with van der Waals surface area (Å²) >= 11 is 0. The van der Waals surface area contributed by atoms with Gasteiger partial charge in [0.25, 0.3) is 0 Å². The predicted octanol–water partition coefficient (Wildman–Crippen LogP) is 3.24. The van der Waals surface area contributed by atoms with Gasteiger partial charge in [0.05, 0.1) is 11.4 Å². The summed E-state index contributed by atoms with van der Waals surface area (Å²) in [6.07, 6.45) is 1.57. The van der Waals surface area contributed by atoms with Crippen LogP contribution in [0.2, 0.25) is 0 Å². The fourth-order valence-electron chi connectivity index (χ4n) is 2.33. The second-order valence-electron chi connectivity index (χ2n) is 5.30. The van der Waals surface area contributed by atoms with Crippen LogP contribution in [-0.4, -0.2) is 20.7 Å². The van der Waals surface area contributed by atoms with Gasteiger partial charge in [-0.25, -0.2) is 14.5 Å². The highest BCUT2D eigenvalue weighted by Crippen LogP contribution is 2.14. The first-order chi connectivity index (χ1) is 11.1. The number of aryl methyl sites for hydroxylation is 2. The van der Waals surface area contributed by atoms with Crippen molar-refractivity contribution in [1.82, 2.24) is 14.8 Å². The summed E-state index contributed by atoms with van der Waals surface area (Å²) in [6.45, 7) is 4.20. The van der Waals surface area contributed by atoms with E-state index in [-0.39, 0.29) is 6.61 Å². The van der Waals surface area contributed by atoms with Gasteiger partial charge in [-0.15, -0.1) is 0 Å². The van der Waals surface area contributed by atoms with Crippen molar-refractivity contribution in [2.75, 3.05) is 0 Å². The molecule has 0 unspecified atom stereocenters. The van der Waals surface area contributed by atoms with Crippen molar-refractivity contribution >= 4 is 5.97 Å².